The van der Waals surface area contributed by atoms with Gasteiger partial charge in [0.1, 0.15) is 6.61 Å². The number of ether oxygens (including phenoxy) is 1. The largest absolute Gasteiger partial charge is 0.481 e. The molecule has 0 aromatic heterocycles. The molecular weight excluding hydrogens is 303 g/mol. The number of aliphatic carboxylic acids is 1. The highest BCUT2D eigenvalue weighted by atomic mass is 19.4. The number of hydrogen-bond acceptors (Lipinski definition) is 3. The first kappa shape index (κ1) is 16.1. The number of carboxylic acid groups (broad SMARTS) is 1. The maximum absolute atomic E-state index is 12.8. The molecule has 1 unspecified atom stereocenters. The van der Waals surface area contributed by atoms with Crippen LogP contribution in [-0.2, 0) is 15.7 Å². The van der Waals surface area contributed by atoms with Crippen molar-refractivity contribution in [2.45, 2.75) is 31.5 Å². The lowest BCUT2D eigenvalue weighted by molar-refractivity contribution is -0.138. The van der Waals surface area contributed by atoms with E-state index in [0.717, 1.165) is 17.0 Å². The molecule has 1 heterocycles. The second-order valence-corrected chi connectivity index (χ2v) is 5.33. The summed E-state index contributed by atoms with van der Waals surface area (Å²) in [7, 11) is 0. The van der Waals surface area contributed by atoms with Crippen molar-refractivity contribution in [3.8, 4) is 0 Å². The highest BCUT2D eigenvalue weighted by Crippen LogP contribution is 2.37. The minimum atomic E-state index is -4.53. The number of carboxylic acids is 1. The summed E-state index contributed by atoms with van der Waals surface area (Å²) in [6, 6.07) is 4.31. The number of carbonyl (C=O) groups excluding carboxylic acids is 1. The first-order chi connectivity index (χ1) is 10.1. The van der Waals surface area contributed by atoms with E-state index in [2.05, 4.69) is 0 Å². The van der Waals surface area contributed by atoms with Crippen LogP contribution in [0.3, 0.4) is 0 Å². The molecule has 0 bridgehead atoms. The Balaban J connectivity index is 2.35. The fourth-order valence-corrected chi connectivity index (χ4v) is 2.37. The number of alkyl halides is 3. The van der Waals surface area contributed by atoms with Crippen molar-refractivity contribution < 1.29 is 32.6 Å². The number of benzene rings is 1. The number of halogens is 3. The van der Waals surface area contributed by atoms with Crippen LogP contribution in [0.1, 0.15) is 25.3 Å². The summed E-state index contributed by atoms with van der Waals surface area (Å²) in [5.41, 5.74) is -1.85. The molecule has 1 atom stereocenters. The number of carbonyl (C=O) groups is 2. The van der Waals surface area contributed by atoms with Gasteiger partial charge in [-0.05, 0) is 31.5 Å². The van der Waals surface area contributed by atoms with E-state index in [1.807, 2.05) is 0 Å². The van der Waals surface area contributed by atoms with Gasteiger partial charge < -0.3 is 9.84 Å². The molecule has 1 saturated heterocycles. The highest BCUT2D eigenvalue weighted by molar-refractivity contribution is 5.91. The predicted molar refractivity (Wildman–Crippen MR) is 70.5 cm³/mol. The van der Waals surface area contributed by atoms with Gasteiger partial charge in [-0.3, -0.25) is 9.69 Å². The van der Waals surface area contributed by atoms with Gasteiger partial charge in [-0.2, -0.15) is 13.2 Å². The Kier molecular flexibility index (Phi) is 4.04. The first-order valence-electron chi connectivity index (χ1n) is 6.49. The van der Waals surface area contributed by atoms with E-state index in [9.17, 15) is 22.8 Å². The lowest BCUT2D eigenvalue weighted by Crippen LogP contribution is -2.45. The Morgan fingerprint density at radius 3 is 2.73 bits per heavy atom. The quantitative estimate of drug-likeness (QED) is 0.925. The van der Waals surface area contributed by atoms with Crippen LogP contribution >= 0.6 is 0 Å². The van der Waals surface area contributed by atoms with Gasteiger partial charge >= 0.3 is 18.2 Å². The number of amides is 1. The molecule has 5 nitrogen and oxygen atoms in total. The summed E-state index contributed by atoms with van der Waals surface area (Å²) in [4.78, 5) is 23.7. The third kappa shape index (κ3) is 3.15. The van der Waals surface area contributed by atoms with Crippen LogP contribution in [0.15, 0.2) is 24.3 Å². The number of cyclic esters (lactones) is 1. The van der Waals surface area contributed by atoms with Crippen molar-refractivity contribution in [2.75, 3.05) is 11.5 Å². The predicted octanol–water partition coefficient (Wildman–Crippen LogP) is 3.29. The van der Waals surface area contributed by atoms with Crippen LogP contribution in [-0.4, -0.2) is 29.3 Å². The summed E-state index contributed by atoms with van der Waals surface area (Å²) in [6.45, 7) is 1.51. The van der Waals surface area contributed by atoms with Crippen LogP contribution in [0.5, 0.6) is 0 Å². The van der Waals surface area contributed by atoms with Crippen molar-refractivity contribution >= 4 is 17.7 Å². The minimum Gasteiger partial charge on any atom is -0.481 e. The summed E-state index contributed by atoms with van der Waals surface area (Å²) >= 11 is 0. The van der Waals surface area contributed by atoms with E-state index in [-0.39, 0.29) is 25.1 Å². The Morgan fingerprint density at radius 1 is 1.45 bits per heavy atom. The van der Waals surface area contributed by atoms with Gasteiger partial charge in [0, 0.05) is 12.1 Å². The molecular formula is C14H14F3NO4. The SMILES string of the molecule is CC1(CCC(=O)O)COC(=O)N1c1cccc(C(F)(F)F)c1. The fraction of sp³-hybridized carbons (Fsp3) is 0.429. The molecule has 0 aliphatic carbocycles. The standard InChI is InChI=1S/C14H14F3NO4/c1-13(6-5-11(19)20)8-22-12(21)18(13)10-4-2-3-9(7-10)14(15,16)17/h2-4,7H,5-6,8H2,1H3,(H,19,20). The second-order valence-electron chi connectivity index (χ2n) is 5.33. The molecule has 1 aliphatic heterocycles. The second kappa shape index (κ2) is 5.51. The van der Waals surface area contributed by atoms with E-state index in [1.54, 1.807) is 6.92 Å². The lowest BCUT2D eigenvalue weighted by Gasteiger charge is -2.31. The van der Waals surface area contributed by atoms with Gasteiger partial charge in [0.15, 0.2) is 0 Å². The van der Waals surface area contributed by atoms with Crippen molar-refractivity contribution in [3.05, 3.63) is 29.8 Å². The third-order valence-corrected chi connectivity index (χ3v) is 3.54. The van der Waals surface area contributed by atoms with Crippen molar-refractivity contribution in [1.82, 2.24) is 0 Å². The zero-order chi connectivity index (χ0) is 16.5. The smallest absolute Gasteiger partial charge is 0.416 e. The van der Waals surface area contributed by atoms with Gasteiger partial charge in [0.25, 0.3) is 0 Å². The van der Waals surface area contributed by atoms with Crippen LogP contribution in [0.25, 0.3) is 0 Å². The van der Waals surface area contributed by atoms with Gasteiger partial charge in [-0.15, -0.1) is 0 Å². The van der Waals surface area contributed by atoms with E-state index >= 15 is 0 Å². The van der Waals surface area contributed by atoms with Crippen LogP contribution in [0.2, 0.25) is 0 Å². The average Bonchev–Trinajstić information content (AvgIpc) is 2.72. The molecule has 1 aromatic carbocycles. The van der Waals surface area contributed by atoms with Crippen molar-refractivity contribution in [1.29, 1.82) is 0 Å². The maximum atomic E-state index is 12.8. The molecule has 120 valence electrons. The number of nitrogens with zero attached hydrogens (tertiary/aromatic N) is 1. The highest BCUT2D eigenvalue weighted by Gasteiger charge is 2.45. The first-order valence-corrected chi connectivity index (χ1v) is 6.49. The molecule has 0 spiro atoms. The van der Waals surface area contributed by atoms with E-state index < -0.39 is 29.3 Å². The van der Waals surface area contributed by atoms with E-state index in [0.29, 0.717) is 0 Å². The molecule has 0 radical (unpaired) electrons. The van der Waals surface area contributed by atoms with Crippen LogP contribution in [0, 0.1) is 0 Å². The zero-order valence-corrected chi connectivity index (χ0v) is 11.7. The van der Waals surface area contributed by atoms with E-state index in [4.69, 9.17) is 9.84 Å². The molecule has 1 aliphatic rings. The van der Waals surface area contributed by atoms with Gasteiger partial charge in [-0.1, -0.05) is 6.07 Å². The van der Waals surface area contributed by atoms with Gasteiger partial charge in [-0.25, -0.2) is 4.79 Å². The molecule has 8 heteroatoms. The van der Waals surface area contributed by atoms with Crippen molar-refractivity contribution in [3.63, 3.8) is 0 Å². The zero-order valence-electron chi connectivity index (χ0n) is 11.7. The summed E-state index contributed by atoms with van der Waals surface area (Å²) in [6.07, 6.45) is -5.46. The van der Waals surface area contributed by atoms with Crippen molar-refractivity contribution in [2.24, 2.45) is 0 Å². The molecule has 1 amide bonds. The third-order valence-electron chi connectivity index (χ3n) is 3.54. The molecule has 22 heavy (non-hydrogen) atoms. The molecule has 1 N–H and O–H groups in total. The number of anilines is 1. The molecule has 2 rings (SSSR count). The summed E-state index contributed by atoms with van der Waals surface area (Å²) in [5, 5.41) is 8.77. The summed E-state index contributed by atoms with van der Waals surface area (Å²) in [5.74, 6) is -1.05. The van der Waals surface area contributed by atoms with Crippen LogP contribution in [0.4, 0.5) is 23.7 Å². The topological polar surface area (TPSA) is 66.8 Å². The number of hydrogen-bond donors (Lipinski definition) is 1. The molecule has 1 aromatic rings. The monoisotopic (exact) mass is 317 g/mol. The Bertz CT molecular complexity index is 602. The number of rotatable bonds is 4. The average molecular weight is 317 g/mol. The lowest BCUT2D eigenvalue weighted by atomic mass is 9.95. The Labute approximate surface area is 124 Å². The molecule has 0 saturated carbocycles. The maximum Gasteiger partial charge on any atom is 0.416 e. The Morgan fingerprint density at radius 2 is 2.14 bits per heavy atom. The molecule has 1 fully saturated rings. The normalized spacial score (nSPS) is 21.8. The fourth-order valence-electron chi connectivity index (χ4n) is 2.37. The Hall–Kier alpha value is -2.25. The summed E-state index contributed by atoms with van der Waals surface area (Å²) < 4.78 is 43.3. The van der Waals surface area contributed by atoms with Crippen LogP contribution < -0.4 is 4.90 Å². The van der Waals surface area contributed by atoms with Gasteiger partial charge in [0.2, 0.25) is 0 Å². The minimum absolute atomic E-state index is 0.0326. The van der Waals surface area contributed by atoms with Gasteiger partial charge in [0.05, 0.1) is 11.1 Å². The van der Waals surface area contributed by atoms with E-state index in [1.165, 1.54) is 12.1 Å².